The third-order valence-electron chi connectivity index (χ3n) is 7.36. The quantitative estimate of drug-likeness (QED) is 0.146. The third-order valence-corrected chi connectivity index (χ3v) is 7.36. The molecule has 8 heteroatoms. The molecule has 0 radical (unpaired) electrons. The molecule has 3 N–H and O–H groups in total. The van der Waals surface area contributed by atoms with E-state index in [4.69, 9.17) is 0 Å². The highest BCUT2D eigenvalue weighted by Gasteiger charge is 2.28. The summed E-state index contributed by atoms with van der Waals surface area (Å²) in [5.74, 6) is 0.227. The van der Waals surface area contributed by atoms with Gasteiger partial charge in [0.1, 0.15) is 17.9 Å². The van der Waals surface area contributed by atoms with Gasteiger partial charge in [-0.1, -0.05) is 90.6 Å². The van der Waals surface area contributed by atoms with Gasteiger partial charge in [0.25, 0.3) is 5.91 Å². The van der Waals surface area contributed by atoms with E-state index < -0.39 is 23.9 Å². The van der Waals surface area contributed by atoms with Gasteiger partial charge in [0, 0.05) is 25.8 Å². The van der Waals surface area contributed by atoms with Crippen LogP contribution in [0, 0.1) is 17.8 Å². The van der Waals surface area contributed by atoms with Gasteiger partial charge in [0.15, 0.2) is 0 Å². The van der Waals surface area contributed by atoms with E-state index in [1.165, 1.54) is 24.3 Å². The van der Waals surface area contributed by atoms with E-state index in [9.17, 15) is 19.6 Å². The molecule has 1 aromatic carbocycles. The Balaban J connectivity index is 2.21. The fraction of sp³-hybridized carbons (Fsp3) is 0.688. The van der Waals surface area contributed by atoms with Gasteiger partial charge in [-0.3, -0.25) is 19.6 Å². The molecule has 0 heterocycles. The number of hydroxylamine groups is 2. The average molecular weight is 557 g/mol. The molecule has 1 saturated carbocycles. The molecular formula is C32H52N4O4. The van der Waals surface area contributed by atoms with Crippen LogP contribution in [0.2, 0.25) is 0 Å². The van der Waals surface area contributed by atoms with Crippen LogP contribution in [-0.2, 0) is 20.8 Å². The lowest BCUT2D eigenvalue weighted by Gasteiger charge is -2.28. The molecule has 0 bridgehead atoms. The summed E-state index contributed by atoms with van der Waals surface area (Å²) in [7, 11) is 0. The number of benzene rings is 1. The molecule has 0 aliphatic heterocycles. The molecule has 40 heavy (non-hydrogen) atoms. The van der Waals surface area contributed by atoms with Crippen LogP contribution < -0.4 is 10.6 Å². The Hall–Kier alpha value is -2.74. The molecule has 0 spiro atoms. The largest absolute Gasteiger partial charge is 0.344 e. The van der Waals surface area contributed by atoms with E-state index in [1.807, 2.05) is 51.1 Å². The van der Waals surface area contributed by atoms with Gasteiger partial charge in [-0.05, 0) is 49.0 Å². The molecule has 1 aliphatic rings. The molecule has 1 aliphatic carbocycles. The van der Waals surface area contributed by atoms with Crippen LogP contribution in [0.5, 0.6) is 0 Å². The number of hydrogen-bond donors (Lipinski definition) is 3. The molecule has 8 nitrogen and oxygen atoms in total. The van der Waals surface area contributed by atoms with E-state index in [2.05, 4.69) is 29.5 Å². The van der Waals surface area contributed by atoms with Crippen molar-refractivity contribution >= 4 is 23.6 Å². The van der Waals surface area contributed by atoms with E-state index in [0.29, 0.717) is 56.3 Å². The molecule has 2 atom stereocenters. The smallest absolute Gasteiger partial charge is 0.269 e. The maximum atomic E-state index is 13.5. The van der Waals surface area contributed by atoms with Crippen molar-refractivity contribution in [1.82, 2.24) is 15.7 Å². The number of nitrogens with one attached hydrogen (secondary N) is 2. The fourth-order valence-corrected chi connectivity index (χ4v) is 5.09. The Labute approximate surface area is 241 Å². The standard InChI is InChI=1S/C32H52N4O4/c1-6-13-27(31(38)35-29(19-18-23(2)3)36(40)22-26-16-11-8-12-17-26)34-32(39)28(33-30(37)20-24(4)5)21-25-14-9-7-10-15-25/h7,9-10,14-15,23-24,26-28,40H,6,8,11-13,16-22H2,1-5H3,(H,33,37)(H,34,39)/t27-,28-/m0/s1. The van der Waals surface area contributed by atoms with Crippen molar-refractivity contribution in [3.8, 4) is 0 Å². The highest BCUT2D eigenvalue weighted by molar-refractivity contribution is 5.98. The number of amidine groups is 1. The van der Waals surface area contributed by atoms with Crippen LogP contribution in [-0.4, -0.2) is 52.5 Å². The summed E-state index contributed by atoms with van der Waals surface area (Å²) >= 11 is 0. The molecule has 0 aromatic heterocycles. The number of nitrogens with zero attached hydrogens (tertiary/aromatic N) is 2. The minimum atomic E-state index is -0.838. The average Bonchev–Trinajstić information content (AvgIpc) is 2.90. The summed E-state index contributed by atoms with van der Waals surface area (Å²) in [4.78, 5) is 43.9. The maximum Gasteiger partial charge on any atom is 0.269 e. The number of carbonyl (C=O) groups excluding carboxylic acids is 3. The van der Waals surface area contributed by atoms with Gasteiger partial charge < -0.3 is 10.6 Å². The predicted octanol–water partition coefficient (Wildman–Crippen LogP) is 5.68. The van der Waals surface area contributed by atoms with E-state index >= 15 is 0 Å². The molecule has 2 rings (SSSR count). The Kier molecular flexibility index (Phi) is 14.9. The van der Waals surface area contributed by atoms with Crippen molar-refractivity contribution in [3.05, 3.63) is 35.9 Å². The Morgan fingerprint density at radius 3 is 2.23 bits per heavy atom. The van der Waals surface area contributed by atoms with Gasteiger partial charge in [-0.15, -0.1) is 0 Å². The van der Waals surface area contributed by atoms with Gasteiger partial charge in [0.2, 0.25) is 11.8 Å². The van der Waals surface area contributed by atoms with Crippen molar-refractivity contribution in [2.75, 3.05) is 6.54 Å². The van der Waals surface area contributed by atoms with Crippen LogP contribution in [0.1, 0.15) is 104 Å². The zero-order valence-corrected chi connectivity index (χ0v) is 25.3. The number of rotatable bonds is 15. The minimum Gasteiger partial charge on any atom is -0.344 e. The molecule has 224 valence electrons. The molecule has 0 unspecified atom stereocenters. The summed E-state index contributed by atoms with van der Waals surface area (Å²) in [6, 6.07) is 7.87. The Bertz CT molecular complexity index is 941. The van der Waals surface area contributed by atoms with Crippen molar-refractivity contribution in [2.24, 2.45) is 22.7 Å². The maximum absolute atomic E-state index is 13.5. The van der Waals surface area contributed by atoms with Crippen LogP contribution in [0.15, 0.2) is 35.3 Å². The monoisotopic (exact) mass is 556 g/mol. The number of hydrogen-bond acceptors (Lipinski definition) is 4. The van der Waals surface area contributed by atoms with Crippen LogP contribution in [0.3, 0.4) is 0 Å². The minimum absolute atomic E-state index is 0.156. The van der Waals surface area contributed by atoms with Gasteiger partial charge >= 0.3 is 0 Å². The number of carbonyl (C=O) groups is 3. The lowest BCUT2D eigenvalue weighted by Crippen LogP contribution is -2.52. The second-order valence-corrected chi connectivity index (χ2v) is 12.1. The summed E-state index contributed by atoms with van der Waals surface area (Å²) < 4.78 is 0. The van der Waals surface area contributed by atoms with E-state index in [1.54, 1.807) is 0 Å². The fourth-order valence-electron chi connectivity index (χ4n) is 5.09. The van der Waals surface area contributed by atoms with Crippen LogP contribution >= 0.6 is 0 Å². The normalized spacial score (nSPS) is 16.1. The second-order valence-electron chi connectivity index (χ2n) is 12.1. The summed E-state index contributed by atoms with van der Waals surface area (Å²) in [6.45, 7) is 10.5. The van der Waals surface area contributed by atoms with Crippen molar-refractivity contribution in [3.63, 3.8) is 0 Å². The lowest BCUT2D eigenvalue weighted by molar-refractivity contribution is -0.131. The first-order chi connectivity index (χ1) is 19.1. The third kappa shape index (κ3) is 12.6. The zero-order valence-electron chi connectivity index (χ0n) is 25.3. The van der Waals surface area contributed by atoms with Crippen LogP contribution in [0.25, 0.3) is 0 Å². The Morgan fingerprint density at radius 2 is 1.62 bits per heavy atom. The predicted molar refractivity (Wildman–Crippen MR) is 160 cm³/mol. The second kappa shape index (κ2) is 17.8. The van der Waals surface area contributed by atoms with E-state index in [0.717, 1.165) is 24.8 Å². The first-order valence-electron chi connectivity index (χ1n) is 15.3. The highest BCUT2D eigenvalue weighted by Crippen LogP contribution is 2.24. The molecule has 0 saturated heterocycles. The summed E-state index contributed by atoms with van der Waals surface area (Å²) in [6.07, 6.45) is 8.70. The molecule has 1 aromatic rings. The van der Waals surface area contributed by atoms with E-state index in [-0.39, 0.29) is 11.8 Å². The number of aliphatic imine (C=N–C) groups is 1. The Morgan fingerprint density at radius 1 is 0.950 bits per heavy atom. The van der Waals surface area contributed by atoms with Crippen molar-refractivity contribution in [1.29, 1.82) is 0 Å². The van der Waals surface area contributed by atoms with Crippen LogP contribution in [0.4, 0.5) is 0 Å². The van der Waals surface area contributed by atoms with Crippen molar-refractivity contribution in [2.45, 2.75) is 117 Å². The molecule has 1 fully saturated rings. The van der Waals surface area contributed by atoms with Gasteiger partial charge in [-0.25, -0.2) is 5.06 Å². The lowest BCUT2D eigenvalue weighted by atomic mass is 9.89. The molecule has 3 amide bonds. The highest BCUT2D eigenvalue weighted by atomic mass is 16.5. The first kappa shape index (κ1) is 33.5. The van der Waals surface area contributed by atoms with Crippen molar-refractivity contribution < 1.29 is 19.6 Å². The summed E-state index contributed by atoms with van der Waals surface area (Å²) in [5, 5.41) is 17.9. The van der Waals surface area contributed by atoms with Gasteiger partial charge in [-0.2, -0.15) is 4.99 Å². The summed E-state index contributed by atoms with van der Waals surface area (Å²) in [5.41, 5.74) is 0.915. The topological polar surface area (TPSA) is 111 Å². The zero-order chi connectivity index (χ0) is 29.5. The van der Waals surface area contributed by atoms with Gasteiger partial charge in [0.05, 0.1) is 0 Å². The SMILES string of the molecule is CCC[C@H](NC(=O)[C@H](Cc1ccccc1)NC(=O)CC(C)C)C(=O)N=C(CCC(C)C)N(O)CC1CCCCC1. The number of amides is 3. The first-order valence-corrected chi connectivity index (χ1v) is 15.3. The molecular weight excluding hydrogens is 504 g/mol.